The molecule has 0 radical (unpaired) electrons. The standard InChI is InChI=1S/C17H23N5O.ClH/c1-12-5-7-15(8-6-12)22-11-16(19-20-22)17(23)21-9-3-4-14(10-21)13(2)18;/h5-8,11,13-14H,3-4,9-10,18H2,1-2H3;1H. The van der Waals surface area contributed by atoms with E-state index in [9.17, 15) is 4.79 Å². The summed E-state index contributed by atoms with van der Waals surface area (Å²) in [6.07, 6.45) is 3.77. The Labute approximate surface area is 148 Å². The molecule has 1 amide bonds. The molecule has 2 unspecified atom stereocenters. The average molecular weight is 350 g/mol. The van der Waals surface area contributed by atoms with E-state index in [0.29, 0.717) is 18.2 Å². The monoisotopic (exact) mass is 349 g/mol. The lowest BCUT2D eigenvalue weighted by atomic mass is 9.92. The summed E-state index contributed by atoms with van der Waals surface area (Å²) >= 11 is 0. The molecule has 2 atom stereocenters. The predicted octanol–water partition coefficient (Wildman–Crippen LogP) is 2.20. The molecule has 2 heterocycles. The number of amides is 1. The molecule has 1 aromatic carbocycles. The fraction of sp³-hybridized carbons (Fsp3) is 0.471. The van der Waals surface area contributed by atoms with Gasteiger partial charge in [-0.2, -0.15) is 0 Å². The highest BCUT2D eigenvalue weighted by Gasteiger charge is 2.27. The molecule has 2 N–H and O–H groups in total. The van der Waals surface area contributed by atoms with Crippen LogP contribution in [0.1, 0.15) is 35.8 Å². The molecule has 0 bridgehead atoms. The van der Waals surface area contributed by atoms with Crippen molar-refractivity contribution in [3.05, 3.63) is 41.7 Å². The zero-order valence-corrected chi connectivity index (χ0v) is 14.9. The summed E-state index contributed by atoms with van der Waals surface area (Å²) in [4.78, 5) is 14.5. The van der Waals surface area contributed by atoms with Crippen LogP contribution >= 0.6 is 12.4 Å². The summed E-state index contributed by atoms with van der Waals surface area (Å²) in [5.74, 6) is 0.300. The van der Waals surface area contributed by atoms with Gasteiger partial charge in [0.1, 0.15) is 0 Å². The van der Waals surface area contributed by atoms with Crippen LogP contribution in [0.2, 0.25) is 0 Å². The zero-order chi connectivity index (χ0) is 16.4. The lowest BCUT2D eigenvalue weighted by Crippen LogP contribution is -2.45. The molecule has 2 aromatic rings. The third kappa shape index (κ3) is 3.94. The van der Waals surface area contributed by atoms with Crippen molar-refractivity contribution in [1.29, 1.82) is 0 Å². The third-order valence-electron chi connectivity index (χ3n) is 4.50. The van der Waals surface area contributed by atoms with Gasteiger partial charge in [0.25, 0.3) is 5.91 Å². The number of nitrogens with two attached hydrogens (primary N) is 1. The molecule has 0 spiro atoms. The molecule has 24 heavy (non-hydrogen) atoms. The first-order valence-corrected chi connectivity index (χ1v) is 8.09. The Balaban J connectivity index is 0.00000208. The van der Waals surface area contributed by atoms with Gasteiger partial charge in [0, 0.05) is 19.1 Å². The summed E-state index contributed by atoms with van der Waals surface area (Å²) in [5.41, 5.74) is 8.45. The van der Waals surface area contributed by atoms with Gasteiger partial charge >= 0.3 is 0 Å². The molecule has 1 aliphatic heterocycles. The van der Waals surface area contributed by atoms with E-state index in [4.69, 9.17) is 5.73 Å². The molecule has 1 fully saturated rings. The highest BCUT2D eigenvalue weighted by Crippen LogP contribution is 2.20. The van der Waals surface area contributed by atoms with Crippen LogP contribution in [-0.4, -0.2) is 44.9 Å². The topological polar surface area (TPSA) is 77.0 Å². The second-order valence-corrected chi connectivity index (χ2v) is 6.40. The number of rotatable bonds is 3. The van der Waals surface area contributed by atoms with E-state index in [0.717, 1.165) is 25.1 Å². The Bertz CT molecular complexity index is 683. The lowest BCUT2D eigenvalue weighted by molar-refractivity contribution is 0.0655. The molecule has 7 heteroatoms. The molecule has 0 aliphatic carbocycles. The van der Waals surface area contributed by atoms with Gasteiger partial charge in [-0.25, -0.2) is 4.68 Å². The van der Waals surface area contributed by atoms with Crippen LogP contribution in [0.25, 0.3) is 5.69 Å². The summed E-state index contributed by atoms with van der Waals surface area (Å²) in [6.45, 7) is 5.50. The van der Waals surface area contributed by atoms with Crippen molar-refractivity contribution in [2.45, 2.75) is 32.7 Å². The molecule has 3 rings (SSSR count). The molecular weight excluding hydrogens is 326 g/mol. The number of hydrogen-bond acceptors (Lipinski definition) is 4. The van der Waals surface area contributed by atoms with Gasteiger partial charge in [0.15, 0.2) is 5.69 Å². The van der Waals surface area contributed by atoms with Crippen LogP contribution in [0.4, 0.5) is 0 Å². The van der Waals surface area contributed by atoms with Crippen molar-refractivity contribution in [2.24, 2.45) is 11.7 Å². The molecule has 130 valence electrons. The van der Waals surface area contributed by atoms with E-state index in [1.165, 1.54) is 5.56 Å². The Kier molecular flexibility index (Phi) is 5.96. The number of nitrogens with zero attached hydrogens (tertiary/aromatic N) is 4. The van der Waals surface area contributed by atoms with E-state index in [2.05, 4.69) is 10.3 Å². The Morgan fingerprint density at radius 2 is 2.04 bits per heavy atom. The maximum absolute atomic E-state index is 12.6. The fourth-order valence-corrected chi connectivity index (χ4v) is 2.97. The van der Waals surface area contributed by atoms with E-state index < -0.39 is 0 Å². The number of carbonyl (C=O) groups is 1. The van der Waals surface area contributed by atoms with Crippen LogP contribution in [0.15, 0.2) is 30.5 Å². The summed E-state index contributed by atoms with van der Waals surface area (Å²) < 4.78 is 1.64. The maximum atomic E-state index is 12.6. The Morgan fingerprint density at radius 1 is 1.33 bits per heavy atom. The predicted molar refractivity (Wildman–Crippen MR) is 95.6 cm³/mol. The fourth-order valence-electron chi connectivity index (χ4n) is 2.97. The number of benzene rings is 1. The van der Waals surface area contributed by atoms with Gasteiger partial charge in [-0.1, -0.05) is 22.9 Å². The van der Waals surface area contributed by atoms with Crippen molar-refractivity contribution in [3.63, 3.8) is 0 Å². The summed E-state index contributed by atoms with van der Waals surface area (Å²) in [5, 5.41) is 8.13. The number of halogens is 1. The van der Waals surface area contributed by atoms with Crippen molar-refractivity contribution in [2.75, 3.05) is 13.1 Å². The highest BCUT2D eigenvalue weighted by molar-refractivity contribution is 5.92. The average Bonchev–Trinajstić information content (AvgIpc) is 3.05. The third-order valence-corrected chi connectivity index (χ3v) is 4.50. The minimum Gasteiger partial charge on any atom is -0.337 e. The van der Waals surface area contributed by atoms with Gasteiger partial charge < -0.3 is 10.6 Å². The zero-order valence-electron chi connectivity index (χ0n) is 14.1. The quantitative estimate of drug-likeness (QED) is 0.921. The smallest absolute Gasteiger partial charge is 0.276 e. The minimum absolute atomic E-state index is 0. The van der Waals surface area contributed by atoms with Gasteiger partial charge in [-0.05, 0) is 44.7 Å². The first kappa shape index (κ1) is 18.4. The molecule has 1 aromatic heterocycles. The maximum Gasteiger partial charge on any atom is 0.276 e. The highest BCUT2D eigenvalue weighted by atomic mass is 35.5. The van der Waals surface area contributed by atoms with Crippen molar-refractivity contribution >= 4 is 18.3 Å². The van der Waals surface area contributed by atoms with E-state index in [-0.39, 0.29) is 24.4 Å². The molecule has 0 saturated carbocycles. The number of piperidine rings is 1. The largest absolute Gasteiger partial charge is 0.337 e. The first-order chi connectivity index (χ1) is 11.0. The summed E-state index contributed by atoms with van der Waals surface area (Å²) in [7, 11) is 0. The number of carbonyl (C=O) groups excluding carboxylic acids is 1. The van der Waals surface area contributed by atoms with Crippen LogP contribution < -0.4 is 5.73 Å². The first-order valence-electron chi connectivity index (χ1n) is 8.09. The minimum atomic E-state index is -0.0614. The molecule has 1 saturated heterocycles. The van der Waals surface area contributed by atoms with Crippen LogP contribution in [0.5, 0.6) is 0 Å². The second kappa shape index (κ2) is 7.77. The Hall–Kier alpha value is -1.92. The second-order valence-electron chi connectivity index (χ2n) is 6.40. The van der Waals surface area contributed by atoms with Crippen LogP contribution in [0, 0.1) is 12.8 Å². The van der Waals surface area contributed by atoms with Crippen LogP contribution in [0.3, 0.4) is 0 Å². The molecular formula is C17H24ClN5O. The SMILES string of the molecule is Cc1ccc(-n2cc(C(=O)N3CCCC(C(C)N)C3)nn2)cc1.Cl. The van der Waals surface area contributed by atoms with Crippen molar-refractivity contribution in [3.8, 4) is 5.69 Å². The number of aryl methyl sites for hydroxylation is 1. The number of hydrogen-bond donors (Lipinski definition) is 1. The summed E-state index contributed by atoms with van der Waals surface area (Å²) in [6, 6.07) is 8.05. The van der Waals surface area contributed by atoms with E-state index in [1.807, 2.05) is 43.0 Å². The van der Waals surface area contributed by atoms with E-state index >= 15 is 0 Å². The van der Waals surface area contributed by atoms with Gasteiger partial charge in [-0.15, -0.1) is 17.5 Å². The van der Waals surface area contributed by atoms with Crippen LogP contribution in [-0.2, 0) is 0 Å². The number of likely N-dealkylation sites (tertiary alicyclic amines) is 1. The van der Waals surface area contributed by atoms with Crippen molar-refractivity contribution < 1.29 is 4.79 Å². The van der Waals surface area contributed by atoms with Gasteiger partial charge in [0.2, 0.25) is 0 Å². The Morgan fingerprint density at radius 3 is 2.71 bits per heavy atom. The van der Waals surface area contributed by atoms with E-state index in [1.54, 1.807) is 10.9 Å². The molecule has 6 nitrogen and oxygen atoms in total. The van der Waals surface area contributed by atoms with Gasteiger partial charge in [0.05, 0.1) is 11.9 Å². The number of aromatic nitrogens is 3. The normalized spacial score (nSPS) is 18.8. The lowest BCUT2D eigenvalue weighted by Gasteiger charge is -2.34. The van der Waals surface area contributed by atoms with Crippen molar-refractivity contribution in [1.82, 2.24) is 19.9 Å². The molecule has 1 aliphatic rings. The van der Waals surface area contributed by atoms with Gasteiger partial charge in [-0.3, -0.25) is 4.79 Å².